The Morgan fingerprint density at radius 1 is 1.26 bits per heavy atom. The van der Waals surface area contributed by atoms with Crippen LogP contribution in [-0.4, -0.2) is 20.0 Å². The number of phenols is 1. The van der Waals surface area contributed by atoms with E-state index in [1.165, 1.54) is 5.57 Å². The molecule has 1 aromatic rings. The molecule has 1 aliphatic heterocycles. The fourth-order valence-electron chi connectivity index (χ4n) is 2.32. The third-order valence-corrected chi connectivity index (χ3v) is 4.66. The van der Waals surface area contributed by atoms with Crippen molar-refractivity contribution in [2.45, 2.75) is 38.5 Å². The molecule has 0 aliphatic carbocycles. The van der Waals surface area contributed by atoms with Crippen LogP contribution in [0, 0.1) is 0 Å². The van der Waals surface area contributed by atoms with Crippen LogP contribution in [0.15, 0.2) is 24.3 Å². The van der Waals surface area contributed by atoms with Crippen LogP contribution in [0.4, 0.5) is 0 Å². The van der Waals surface area contributed by atoms with E-state index in [2.05, 4.69) is 26.2 Å². The summed E-state index contributed by atoms with van der Waals surface area (Å²) in [6.45, 7) is 11.4. The molecule has 0 aromatic heterocycles. The van der Waals surface area contributed by atoms with Gasteiger partial charge in [0, 0.05) is 14.1 Å². The summed E-state index contributed by atoms with van der Waals surface area (Å²) in [6, 6.07) is 4.65. The molecule has 0 unspecified atom stereocenters. The van der Waals surface area contributed by atoms with Gasteiger partial charge in [-0.3, -0.25) is 0 Å². The summed E-state index contributed by atoms with van der Waals surface area (Å²) < 4.78 is 10.6. The lowest BCUT2D eigenvalue weighted by atomic mass is 10.0. The van der Waals surface area contributed by atoms with Gasteiger partial charge in [-0.2, -0.15) is 0 Å². The number of benzene rings is 1. The second kappa shape index (κ2) is 5.29. The summed E-state index contributed by atoms with van der Waals surface area (Å²) in [5.41, 5.74) is 2.18. The second-order valence-corrected chi connectivity index (χ2v) is 11.8. The van der Waals surface area contributed by atoms with Crippen molar-refractivity contribution in [2.75, 3.05) is 6.79 Å². The van der Waals surface area contributed by atoms with Gasteiger partial charge in [-0.15, -0.1) is 6.58 Å². The third-order valence-electron chi connectivity index (χ3n) is 3.10. The van der Waals surface area contributed by atoms with Crippen molar-refractivity contribution in [1.82, 2.24) is 0 Å². The zero-order valence-corrected chi connectivity index (χ0v) is 13.0. The van der Waals surface area contributed by atoms with Crippen molar-refractivity contribution in [2.24, 2.45) is 0 Å². The van der Waals surface area contributed by atoms with Crippen LogP contribution < -0.4 is 9.47 Å². The number of ether oxygens (including phenoxy) is 2. The first kappa shape index (κ1) is 14.0. The van der Waals surface area contributed by atoms with Gasteiger partial charge in [0.15, 0.2) is 11.5 Å². The molecule has 1 aromatic carbocycles. The zero-order valence-electron chi connectivity index (χ0n) is 12.0. The van der Waals surface area contributed by atoms with Crippen LogP contribution in [0.25, 0.3) is 0 Å². The van der Waals surface area contributed by atoms with E-state index in [1.807, 2.05) is 6.07 Å². The van der Waals surface area contributed by atoms with Gasteiger partial charge in [0.2, 0.25) is 6.79 Å². The standard InChI is InChI=1S/C15H22O3Si/c1-11(9-19(2,3)4)5-6-12-7-14-15(8-13(12)16)18-10-17-14/h7-8,16H,1,5-6,9-10H2,2-4H3. The molecule has 19 heavy (non-hydrogen) atoms. The Bertz CT molecular complexity index is 489. The van der Waals surface area contributed by atoms with Crippen molar-refractivity contribution in [3.05, 3.63) is 29.8 Å². The minimum Gasteiger partial charge on any atom is -0.508 e. The van der Waals surface area contributed by atoms with Gasteiger partial charge < -0.3 is 14.6 Å². The van der Waals surface area contributed by atoms with Crippen LogP contribution in [0.5, 0.6) is 17.2 Å². The van der Waals surface area contributed by atoms with E-state index in [0.29, 0.717) is 5.75 Å². The van der Waals surface area contributed by atoms with Crippen molar-refractivity contribution in [1.29, 1.82) is 0 Å². The Kier molecular flexibility index (Phi) is 3.90. The highest BCUT2D eigenvalue weighted by atomic mass is 28.3. The molecule has 2 rings (SSSR count). The lowest BCUT2D eigenvalue weighted by Crippen LogP contribution is -2.19. The molecular weight excluding hydrogens is 256 g/mol. The fraction of sp³-hybridized carbons (Fsp3) is 0.467. The fourth-order valence-corrected chi connectivity index (χ4v) is 4.00. The average Bonchev–Trinajstić information content (AvgIpc) is 2.70. The molecule has 1 heterocycles. The van der Waals surface area contributed by atoms with E-state index >= 15 is 0 Å². The van der Waals surface area contributed by atoms with Crippen LogP contribution >= 0.6 is 0 Å². The van der Waals surface area contributed by atoms with Crippen LogP contribution in [-0.2, 0) is 6.42 Å². The number of aryl methyl sites for hydroxylation is 1. The number of allylic oxidation sites excluding steroid dienone is 1. The van der Waals surface area contributed by atoms with Gasteiger partial charge in [-0.25, -0.2) is 0 Å². The topological polar surface area (TPSA) is 38.7 Å². The minimum absolute atomic E-state index is 0.237. The molecule has 0 atom stereocenters. The summed E-state index contributed by atoms with van der Waals surface area (Å²) in [4.78, 5) is 0. The van der Waals surface area contributed by atoms with Gasteiger partial charge in [-0.05, 0) is 30.5 Å². The lowest BCUT2D eigenvalue weighted by molar-refractivity contribution is 0.174. The number of aromatic hydroxyl groups is 1. The molecule has 1 aliphatic rings. The number of phenolic OH excluding ortho intramolecular Hbond substituents is 1. The molecule has 3 nitrogen and oxygen atoms in total. The minimum atomic E-state index is -1.10. The third kappa shape index (κ3) is 3.77. The molecule has 0 saturated carbocycles. The molecule has 0 radical (unpaired) electrons. The van der Waals surface area contributed by atoms with E-state index < -0.39 is 8.07 Å². The Labute approximate surface area is 115 Å². The SMILES string of the molecule is C=C(CCc1cc2c(cc1O)OCO2)C[Si](C)(C)C. The highest BCUT2D eigenvalue weighted by Crippen LogP contribution is 2.38. The second-order valence-electron chi connectivity index (χ2n) is 6.32. The van der Waals surface area contributed by atoms with E-state index in [4.69, 9.17) is 9.47 Å². The maximum absolute atomic E-state index is 9.96. The first-order valence-corrected chi connectivity index (χ1v) is 10.3. The molecule has 0 spiro atoms. The predicted octanol–water partition coefficient (Wildman–Crippen LogP) is 3.95. The molecule has 1 N–H and O–H groups in total. The summed E-state index contributed by atoms with van der Waals surface area (Å²) in [5.74, 6) is 1.64. The molecule has 0 saturated heterocycles. The Hall–Kier alpha value is -1.42. The van der Waals surface area contributed by atoms with E-state index in [-0.39, 0.29) is 12.5 Å². The molecule has 4 heteroatoms. The van der Waals surface area contributed by atoms with Crippen LogP contribution in [0.2, 0.25) is 25.7 Å². The summed E-state index contributed by atoms with van der Waals surface area (Å²) in [7, 11) is -1.10. The Balaban J connectivity index is 1.98. The maximum atomic E-state index is 9.96. The molecule has 0 fully saturated rings. The van der Waals surface area contributed by atoms with E-state index in [9.17, 15) is 5.11 Å². The maximum Gasteiger partial charge on any atom is 0.231 e. The van der Waals surface area contributed by atoms with Gasteiger partial charge >= 0.3 is 0 Å². The highest BCUT2D eigenvalue weighted by molar-refractivity contribution is 6.76. The van der Waals surface area contributed by atoms with Gasteiger partial charge in [-0.1, -0.05) is 25.2 Å². The average molecular weight is 278 g/mol. The summed E-state index contributed by atoms with van der Waals surface area (Å²) in [6.07, 6.45) is 1.71. The summed E-state index contributed by atoms with van der Waals surface area (Å²) >= 11 is 0. The van der Waals surface area contributed by atoms with Gasteiger partial charge in [0.1, 0.15) is 5.75 Å². The molecule has 0 bridgehead atoms. The largest absolute Gasteiger partial charge is 0.508 e. The Morgan fingerprint density at radius 2 is 1.89 bits per heavy atom. The molecule has 0 amide bonds. The van der Waals surface area contributed by atoms with E-state index in [0.717, 1.165) is 30.2 Å². The number of hydrogen-bond donors (Lipinski definition) is 1. The van der Waals surface area contributed by atoms with E-state index in [1.54, 1.807) is 6.07 Å². The Morgan fingerprint density at radius 3 is 2.53 bits per heavy atom. The predicted molar refractivity (Wildman–Crippen MR) is 79.8 cm³/mol. The number of fused-ring (bicyclic) bond motifs is 1. The quantitative estimate of drug-likeness (QED) is 0.655. The zero-order chi connectivity index (χ0) is 14.0. The lowest BCUT2D eigenvalue weighted by Gasteiger charge is -2.17. The first-order valence-electron chi connectivity index (χ1n) is 6.63. The molecular formula is C15H22O3Si. The highest BCUT2D eigenvalue weighted by Gasteiger charge is 2.18. The monoisotopic (exact) mass is 278 g/mol. The molecule has 104 valence electrons. The van der Waals surface area contributed by atoms with Gasteiger partial charge in [0.25, 0.3) is 0 Å². The smallest absolute Gasteiger partial charge is 0.231 e. The van der Waals surface area contributed by atoms with Crippen molar-refractivity contribution in [3.8, 4) is 17.2 Å². The number of rotatable bonds is 5. The number of hydrogen-bond acceptors (Lipinski definition) is 3. The first-order chi connectivity index (χ1) is 8.85. The van der Waals surface area contributed by atoms with Crippen LogP contribution in [0.3, 0.4) is 0 Å². The van der Waals surface area contributed by atoms with Crippen molar-refractivity contribution < 1.29 is 14.6 Å². The van der Waals surface area contributed by atoms with Crippen LogP contribution in [0.1, 0.15) is 12.0 Å². The summed E-state index contributed by atoms with van der Waals surface area (Å²) in [5, 5.41) is 9.96. The van der Waals surface area contributed by atoms with Crippen molar-refractivity contribution >= 4 is 8.07 Å². The normalized spacial score (nSPS) is 13.6. The van der Waals surface area contributed by atoms with Gasteiger partial charge in [0.05, 0.1) is 0 Å². The van der Waals surface area contributed by atoms with Crippen molar-refractivity contribution in [3.63, 3.8) is 0 Å².